The van der Waals surface area contributed by atoms with Gasteiger partial charge in [-0.25, -0.2) is 0 Å². The van der Waals surface area contributed by atoms with Crippen molar-refractivity contribution in [3.63, 3.8) is 0 Å². The molecule has 506 valence electrons. The van der Waals surface area contributed by atoms with Gasteiger partial charge in [0, 0.05) is 11.1 Å². The molecule has 0 aliphatic rings. The fourth-order valence-corrected chi connectivity index (χ4v) is 15.4. The van der Waals surface area contributed by atoms with E-state index in [0.717, 1.165) is 0 Å². The molecule has 0 fully saturated rings. The van der Waals surface area contributed by atoms with Gasteiger partial charge in [-0.15, -0.1) is 0 Å². The van der Waals surface area contributed by atoms with Crippen molar-refractivity contribution < 1.29 is 0 Å². The van der Waals surface area contributed by atoms with Crippen molar-refractivity contribution in [3.8, 4) is 0 Å². The van der Waals surface area contributed by atoms with Crippen LogP contribution in [0, 0.1) is 0 Å². The van der Waals surface area contributed by atoms with Crippen LogP contribution in [0.4, 0.5) is 0 Å². The summed E-state index contributed by atoms with van der Waals surface area (Å²) in [6.45, 7) is 24.7. The molecule has 0 saturated carbocycles. The quantitative estimate of drug-likeness (QED) is 0.0560. The molecule has 0 N–H and O–H groups in total. The van der Waals surface area contributed by atoms with E-state index in [4.69, 9.17) is 0 Å². The van der Waals surface area contributed by atoms with Gasteiger partial charge in [0.25, 0.3) is 0 Å². The Morgan fingerprint density at radius 2 is 0.238 bits per heavy atom. The number of rotatable bonds is 75. The topological polar surface area (TPSA) is 6.48 Å². The Labute approximate surface area is 536 Å². The van der Waals surface area contributed by atoms with E-state index in [0.29, 0.717) is 0 Å². The minimum atomic E-state index is 0.252. The first kappa shape index (κ1) is 83.9. The van der Waals surface area contributed by atoms with Gasteiger partial charge in [-0.2, -0.15) is 0 Å². The van der Waals surface area contributed by atoms with Crippen molar-refractivity contribution in [1.29, 1.82) is 0 Å². The van der Waals surface area contributed by atoms with Gasteiger partial charge in [-0.1, -0.05) is 441 Å². The minimum Gasteiger partial charge on any atom is -0.296 e. The van der Waals surface area contributed by atoms with Crippen LogP contribution < -0.4 is 0 Å². The van der Waals surface area contributed by atoms with Gasteiger partial charge in [-0.3, -0.25) is 9.80 Å². The molecule has 84 heavy (non-hydrogen) atoms. The molecule has 0 atom stereocenters. The zero-order valence-electron chi connectivity index (χ0n) is 60.8. The fourth-order valence-electron chi connectivity index (χ4n) is 15.4. The van der Waals surface area contributed by atoms with Crippen molar-refractivity contribution >= 4 is 0 Å². The summed E-state index contributed by atoms with van der Waals surface area (Å²) < 4.78 is 0. The highest BCUT2D eigenvalue weighted by Crippen LogP contribution is 2.50. The summed E-state index contributed by atoms with van der Waals surface area (Å²) >= 11 is 0. The van der Waals surface area contributed by atoms with Crippen LogP contribution in [0.25, 0.3) is 0 Å². The summed E-state index contributed by atoms with van der Waals surface area (Å²) in [6.07, 6.45) is 98.4. The van der Waals surface area contributed by atoms with Gasteiger partial charge in [0.2, 0.25) is 0 Å². The summed E-state index contributed by atoms with van der Waals surface area (Å²) in [4.78, 5) is 6.96. The van der Waals surface area contributed by atoms with E-state index >= 15 is 0 Å². The maximum Gasteiger partial charge on any atom is 0.0393 e. The summed E-state index contributed by atoms with van der Waals surface area (Å²) in [5.41, 5.74) is 0.504. The maximum atomic E-state index is 3.48. The predicted molar refractivity (Wildman–Crippen MR) is 388 cm³/mol. The highest BCUT2D eigenvalue weighted by molar-refractivity contribution is 5.13. The van der Waals surface area contributed by atoms with Gasteiger partial charge < -0.3 is 0 Å². The van der Waals surface area contributed by atoms with E-state index in [1.165, 1.54) is 463 Å². The molecule has 0 saturated heterocycles. The third kappa shape index (κ3) is 48.7. The lowest BCUT2D eigenvalue weighted by molar-refractivity contribution is -0.104. The molecule has 0 radical (unpaired) electrons. The maximum absolute atomic E-state index is 3.48. The van der Waals surface area contributed by atoms with Crippen LogP contribution in [0.3, 0.4) is 0 Å². The summed E-state index contributed by atoms with van der Waals surface area (Å²) in [5, 5.41) is 0. The van der Waals surface area contributed by atoms with E-state index in [9.17, 15) is 0 Å². The predicted octanol–water partition coefficient (Wildman–Crippen LogP) is 29.8. The lowest BCUT2D eigenvalue weighted by atomic mass is 9.63. The van der Waals surface area contributed by atoms with Gasteiger partial charge >= 0.3 is 0 Å². The second-order valence-corrected chi connectivity index (χ2v) is 28.8. The Bertz CT molecular complexity index is 1010. The Kier molecular flexibility index (Phi) is 68.8. The molecule has 0 rings (SSSR count). The first-order chi connectivity index (χ1) is 41.5. The van der Waals surface area contributed by atoms with Gasteiger partial charge in [0.05, 0.1) is 0 Å². The van der Waals surface area contributed by atoms with Crippen molar-refractivity contribution in [2.75, 3.05) is 26.2 Å². The molecule has 0 aliphatic carbocycles. The average Bonchev–Trinajstić information content (AvgIpc) is 1.25. The Hall–Kier alpha value is -0.0800. The van der Waals surface area contributed by atoms with Crippen LogP contribution in [-0.4, -0.2) is 47.1 Å². The standard InChI is InChI=1S/C82H168N2/c1-9-17-25-33-41-49-57-65-73-81(74-66-58-50-42-34-26-18-10-2,83(77-69-61-53-45-37-29-21-13-5)78-70-62-54-46-38-30-22-14-6)82(75-67-59-51-43-35-27-19-11-3,76-68-60-52-44-36-28-20-12-4)84(79-71-63-55-47-39-31-23-15-7)80-72-64-56-48-40-32-24-16-8/h9-80H2,1-8H3. The number of unbranched alkanes of at least 4 members (excludes halogenated alkanes) is 56. The highest BCUT2D eigenvalue weighted by atomic mass is 15.3. The highest BCUT2D eigenvalue weighted by Gasteiger charge is 2.55. The Morgan fingerprint density at radius 3 is 0.369 bits per heavy atom. The molecule has 0 heterocycles. The molecular weight excluding hydrogens is 1010 g/mol. The van der Waals surface area contributed by atoms with Gasteiger partial charge in [0.15, 0.2) is 0 Å². The average molecular weight is 1180 g/mol. The molecule has 2 heteroatoms. The lowest BCUT2D eigenvalue weighted by Crippen LogP contribution is -2.71. The van der Waals surface area contributed by atoms with Gasteiger partial charge in [-0.05, 0) is 77.5 Å². The number of hydrogen-bond acceptors (Lipinski definition) is 2. The van der Waals surface area contributed by atoms with Crippen molar-refractivity contribution in [2.24, 2.45) is 0 Å². The normalized spacial score (nSPS) is 12.4. The van der Waals surface area contributed by atoms with Crippen LogP contribution in [0.15, 0.2) is 0 Å². The first-order valence-corrected chi connectivity index (χ1v) is 41.0. The molecule has 0 aromatic carbocycles. The first-order valence-electron chi connectivity index (χ1n) is 41.0. The molecule has 2 nitrogen and oxygen atoms in total. The minimum absolute atomic E-state index is 0.252. The fraction of sp³-hybridized carbons (Fsp3) is 1.00. The Balaban J connectivity index is 8.35. The van der Waals surface area contributed by atoms with Crippen LogP contribution in [-0.2, 0) is 0 Å². The number of hydrogen-bond donors (Lipinski definition) is 0. The van der Waals surface area contributed by atoms with E-state index in [2.05, 4.69) is 65.2 Å². The molecule has 0 unspecified atom stereocenters. The van der Waals surface area contributed by atoms with E-state index in [1.54, 1.807) is 0 Å². The van der Waals surface area contributed by atoms with E-state index in [-0.39, 0.29) is 11.1 Å². The van der Waals surface area contributed by atoms with Crippen LogP contribution in [0.2, 0.25) is 0 Å². The zero-order chi connectivity index (χ0) is 61.1. The molecule has 0 amide bonds. The molecule has 0 spiro atoms. The third-order valence-electron chi connectivity index (χ3n) is 21.0. The summed E-state index contributed by atoms with van der Waals surface area (Å²) in [7, 11) is 0. The zero-order valence-corrected chi connectivity index (χ0v) is 60.8. The monoisotopic (exact) mass is 1180 g/mol. The van der Waals surface area contributed by atoms with Crippen LogP contribution in [0.1, 0.15) is 492 Å². The van der Waals surface area contributed by atoms with Crippen molar-refractivity contribution in [3.05, 3.63) is 0 Å². The summed E-state index contributed by atoms with van der Waals surface area (Å²) in [5.74, 6) is 0. The molecule has 0 bridgehead atoms. The second kappa shape index (κ2) is 68.8. The van der Waals surface area contributed by atoms with Crippen molar-refractivity contribution in [2.45, 2.75) is 503 Å². The SMILES string of the molecule is CCCCCCCCCCN(CCCCCCCCCC)C(CCCCCCCCCC)(CCCCCCCCCC)C(CCCCCCCCCC)(CCCCCCCCCC)N(CCCCCCCCCC)CCCCCCCCCC. The smallest absolute Gasteiger partial charge is 0.0393 e. The second-order valence-electron chi connectivity index (χ2n) is 28.8. The lowest BCUT2D eigenvalue weighted by Gasteiger charge is -2.62. The third-order valence-corrected chi connectivity index (χ3v) is 21.0. The summed E-state index contributed by atoms with van der Waals surface area (Å²) in [6, 6.07) is 0. The molecule has 0 aromatic heterocycles. The van der Waals surface area contributed by atoms with Crippen LogP contribution in [0.5, 0.6) is 0 Å². The molecular formula is C82H168N2. The molecule has 0 aromatic rings. The van der Waals surface area contributed by atoms with E-state index in [1.807, 2.05) is 0 Å². The van der Waals surface area contributed by atoms with E-state index < -0.39 is 0 Å². The Morgan fingerprint density at radius 1 is 0.131 bits per heavy atom. The van der Waals surface area contributed by atoms with Gasteiger partial charge in [0.1, 0.15) is 0 Å². The van der Waals surface area contributed by atoms with Crippen LogP contribution >= 0.6 is 0 Å². The largest absolute Gasteiger partial charge is 0.296 e. The number of nitrogens with zero attached hydrogens (tertiary/aromatic N) is 2. The molecule has 0 aliphatic heterocycles. The van der Waals surface area contributed by atoms with Crippen molar-refractivity contribution in [1.82, 2.24) is 9.80 Å².